The number of aliphatic hydroxyl groups excluding tert-OH is 1. The van der Waals surface area contributed by atoms with Crippen molar-refractivity contribution in [2.45, 2.75) is 92.2 Å². The van der Waals surface area contributed by atoms with E-state index in [0.717, 1.165) is 0 Å². The normalized spacial score (nSPS) is 16.6. The quantitative estimate of drug-likeness (QED) is 0.237. The number of alkyl halides is 9. The highest BCUT2D eigenvalue weighted by molar-refractivity contribution is 4.99. The Morgan fingerprint density at radius 3 is 0.952 bits per heavy atom. The molecule has 42 heavy (non-hydrogen) atoms. The van der Waals surface area contributed by atoms with Gasteiger partial charge in [0.05, 0.1) is 0 Å². The Morgan fingerprint density at radius 1 is 0.548 bits per heavy atom. The van der Waals surface area contributed by atoms with E-state index in [0.29, 0.717) is 0 Å². The number of nitrogens with zero attached hydrogens (tertiary/aromatic N) is 3. The maximum atomic E-state index is 11.2. The van der Waals surface area contributed by atoms with Gasteiger partial charge in [-0.1, -0.05) is 123 Å². The minimum absolute atomic E-state index is 0.139. The summed E-state index contributed by atoms with van der Waals surface area (Å²) in [4.78, 5) is 0. The molecule has 0 heterocycles. The number of aliphatic hydroxyl groups is 1. The maximum absolute atomic E-state index is 11.2. The molecule has 0 spiro atoms. The Labute approximate surface area is 247 Å². The van der Waals surface area contributed by atoms with Crippen LogP contribution in [0.2, 0.25) is 0 Å². The van der Waals surface area contributed by atoms with E-state index in [4.69, 9.17) is 5.11 Å². The zero-order chi connectivity index (χ0) is 33.5. The second kappa shape index (κ2) is 30.9. The summed E-state index contributed by atoms with van der Waals surface area (Å²) in [5.74, 6) is 2.34. The van der Waals surface area contributed by atoms with Crippen molar-refractivity contribution in [2.75, 3.05) is 45.9 Å². The van der Waals surface area contributed by atoms with Crippen LogP contribution in [0.4, 0.5) is 39.5 Å². The summed E-state index contributed by atoms with van der Waals surface area (Å²) in [6.07, 6.45) is -4.63. The molecular weight excluding hydrogens is 577 g/mol. The molecule has 0 aromatic heterocycles. The molecule has 3 rings (SSSR count). The lowest BCUT2D eigenvalue weighted by Gasteiger charge is -2.18. The van der Waals surface area contributed by atoms with Crippen LogP contribution in [0.3, 0.4) is 0 Å². The molecule has 0 amide bonds. The molecular formula is C29H51F9N3O-3. The fraction of sp³-hybridized carbons (Fsp3) is 0.793. The maximum Gasteiger partial charge on any atom is 0.371 e. The minimum Gasteiger partial charge on any atom is -0.655 e. The molecule has 13 heteroatoms. The van der Waals surface area contributed by atoms with Gasteiger partial charge >= 0.3 is 18.5 Å². The number of halogens is 9. The smallest absolute Gasteiger partial charge is 0.371 e. The van der Waals surface area contributed by atoms with Crippen molar-refractivity contribution in [1.29, 1.82) is 0 Å². The Balaban J connectivity index is -0.000000209. The van der Waals surface area contributed by atoms with Crippen molar-refractivity contribution in [3.63, 3.8) is 0 Å². The fourth-order valence-electron chi connectivity index (χ4n) is 3.31. The van der Waals surface area contributed by atoms with Crippen LogP contribution < -0.4 is 0 Å². The lowest BCUT2D eigenvalue weighted by molar-refractivity contribution is -0.114. The van der Waals surface area contributed by atoms with E-state index in [1.165, 1.54) is 11.8 Å². The highest BCUT2D eigenvalue weighted by Crippen LogP contribution is 2.43. The van der Waals surface area contributed by atoms with Gasteiger partial charge in [0.15, 0.2) is 0 Å². The molecule has 0 atom stereocenters. The summed E-state index contributed by atoms with van der Waals surface area (Å²) in [6.45, 7) is 7.98. The minimum atomic E-state index is -4.23. The average molecular weight is 629 g/mol. The molecule has 2 fully saturated rings. The van der Waals surface area contributed by atoms with Gasteiger partial charge in [-0.2, -0.15) is 52.6 Å². The first-order valence-corrected chi connectivity index (χ1v) is 14.3. The Bertz CT molecular complexity index is 567. The Hall–Kier alpha value is -1.57. The standard InChI is InChI=1S/C7H12.C6H6.C4H7F3NO.2C4H7F3N.2C2H6/c1-2-7-4-3-6(1)5-7;1-2-4-6-5-3-1;5-4(6,7)3-8-1-2-9;2*1-2-8-3-4(5,6)7;2*1-2/h6-7H,1-5H2;1-6H;9H,1-3H2;2*2-3H2,1H3;2*1-2H3/q;;3*-1;;. The molecule has 2 saturated carbocycles. The highest BCUT2D eigenvalue weighted by Gasteiger charge is 2.30. The monoisotopic (exact) mass is 628 g/mol. The van der Waals surface area contributed by atoms with Gasteiger partial charge in [0, 0.05) is 6.61 Å². The number of benzene rings is 1. The second-order valence-corrected chi connectivity index (χ2v) is 8.35. The average Bonchev–Trinajstić information content (AvgIpc) is 3.61. The van der Waals surface area contributed by atoms with Crippen LogP contribution >= 0.6 is 0 Å². The van der Waals surface area contributed by atoms with Gasteiger partial charge < -0.3 is 21.1 Å². The van der Waals surface area contributed by atoms with Gasteiger partial charge in [0.2, 0.25) is 0 Å². The van der Waals surface area contributed by atoms with Gasteiger partial charge in [-0.25, -0.2) is 0 Å². The number of fused-ring (bicyclic) bond motifs is 2. The molecule has 254 valence electrons. The fourth-order valence-corrected chi connectivity index (χ4v) is 3.31. The van der Waals surface area contributed by atoms with Crippen molar-refractivity contribution < 1.29 is 44.6 Å². The molecule has 2 bridgehead atoms. The molecule has 1 aromatic rings. The molecule has 0 radical (unpaired) electrons. The third kappa shape index (κ3) is 45.4. The van der Waals surface area contributed by atoms with Crippen LogP contribution in [0.1, 0.15) is 73.6 Å². The van der Waals surface area contributed by atoms with Gasteiger partial charge in [0.25, 0.3) is 0 Å². The highest BCUT2D eigenvalue weighted by atomic mass is 19.4. The number of rotatable bonds is 7. The van der Waals surface area contributed by atoms with Crippen LogP contribution in [0.15, 0.2) is 36.4 Å². The SMILES string of the molecule is C1CC2CCC1C2.CC.CC.CC[N-]CC(F)(F)F.CC[N-]CC(F)(F)F.OCC[N-]CC(F)(F)F.c1ccccc1. The predicted molar refractivity (Wildman–Crippen MR) is 155 cm³/mol. The van der Waals surface area contributed by atoms with Crippen molar-refractivity contribution in [3.8, 4) is 0 Å². The van der Waals surface area contributed by atoms with E-state index in [9.17, 15) is 39.5 Å². The van der Waals surface area contributed by atoms with E-state index in [-0.39, 0.29) is 26.2 Å². The zero-order valence-electron chi connectivity index (χ0n) is 25.8. The Morgan fingerprint density at radius 2 is 0.810 bits per heavy atom. The van der Waals surface area contributed by atoms with Crippen molar-refractivity contribution in [3.05, 3.63) is 52.3 Å². The largest absolute Gasteiger partial charge is 0.655 e. The lowest BCUT2D eigenvalue weighted by atomic mass is 10.0. The van der Waals surface area contributed by atoms with Crippen LogP contribution in [-0.4, -0.2) is 69.5 Å². The third-order valence-corrected chi connectivity index (χ3v) is 4.88. The summed E-state index contributed by atoms with van der Waals surface area (Å²) in [7, 11) is 0. The molecule has 0 unspecified atom stereocenters. The van der Waals surface area contributed by atoms with Gasteiger partial charge in [-0.05, 0) is 18.3 Å². The number of hydrogen-bond donors (Lipinski definition) is 1. The van der Waals surface area contributed by atoms with Crippen molar-refractivity contribution in [1.82, 2.24) is 0 Å². The van der Waals surface area contributed by atoms with Crippen LogP contribution in [0.25, 0.3) is 16.0 Å². The van der Waals surface area contributed by atoms with E-state index in [1.807, 2.05) is 64.1 Å². The molecule has 0 saturated heterocycles. The topological polar surface area (TPSA) is 62.5 Å². The molecule has 1 aromatic carbocycles. The first-order chi connectivity index (χ1) is 19.6. The van der Waals surface area contributed by atoms with Crippen LogP contribution in [0.5, 0.6) is 0 Å². The molecule has 2 aliphatic rings. The Kier molecular flexibility index (Phi) is 34.8. The van der Waals surface area contributed by atoms with E-state index in [1.54, 1.807) is 46.0 Å². The van der Waals surface area contributed by atoms with Gasteiger partial charge in [0.1, 0.15) is 0 Å². The van der Waals surface area contributed by atoms with Crippen LogP contribution in [0, 0.1) is 11.8 Å². The second-order valence-electron chi connectivity index (χ2n) is 8.35. The van der Waals surface area contributed by atoms with E-state index in [2.05, 4.69) is 16.0 Å². The van der Waals surface area contributed by atoms with Gasteiger partial charge in [-0.15, -0.1) is 6.54 Å². The zero-order valence-corrected chi connectivity index (χ0v) is 25.8. The van der Waals surface area contributed by atoms with Crippen LogP contribution in [-0.2, 0) is 0 Å². The summed E-state index contributed by atoms with van der Waals surface area (Å²) in [6, 6.07) is 12.0. The molecule has 1 N–H and O–H groups in total. The van der Waals surface area contributed by atoms with Crippen molar-refractivity contribution >= 4 is 0 Å². The van der Waals surface area contributed by atoms with E-state index < -0.39 is 38.2 Å². The third-order valence-electron chi connectivity index (χ3n) is 4.88. The first-order valence-electron chi connectivity index (χ1n) is 14.3. The lowest BCUT2D eigenvalue weighted by Crippen LogP contribution is -2.14. The summed E-state index contributed by atoms with van der Waals surface area (Å²) in [5.41, 5.74) is 0. The van der Waals surface area contributed by atoms with Gasteiger partial charge in [-0.3, -0.25) is 0 Å². The number of hydrogen-bond acceptors (Lipinski definition) is 1. The molecule has 4 nitrogen and oxygen atoms in total. The first kappa shape index (κ1) is 47.4. The summed E-state index contributed by atoms with van der Waals surface area (Å²) in [5, 5.41) is 17.2. The molecule has 0 aliphatic heterocycles. The van der Waals surface area contributed by atoms with E-state index >= 15 is 0 Å². The summed E-state index contributed by atoms with van der Waals surface area (Å²) >= 11 is 0. The molecule has 2 aliphatic carbocycles. The predicted octanol–water partition coefficient (Wildman–Crippen LogP) is 10.7. The summed E-state index contributed by atoms with van der Waals surface area (Å²) < 4.78 is 101. The van der Waals surface area contributed by atoms with Crippen molar-refractivity contribution in [2.24, 2.45) is 11.8 Å².